The van der Waals surface area contributed by atoms with E-state index in [1.165, 1.54) is 101 Å². The van der Waals surface area contributed by atoms with E-state index in [1.807, 2.05) is 197 Å². The number of sulfonamides is 1. The van der Waals surface area contributed by atoms with Gasteiger partial charge in [0.25, 0.3) is 0 Å². The van der Waals surface area contributed by atoms with Gasteiger partial charge in [-0.05, 0) is 190 Å². The van der Waals surface area contributed by atoms with Crippen LogP contribution in [0.4, 0.5) is 0 Å². The number of aliphatic hydroxyl groups excluding tert-OH is 8. The summed E-state index contributed by atoms with van der Waals surface area (Å²) in [7, 11) is -3.15. The molecule has 0 amide bonds. The monoisotopic (exact) mass is 1740 g/mol. The summed E-state index contributed by atoms with van der Waals surface area (Å²) in [5, 5.41) is 79.3. The van der Waals surface area contributed by atoms with E-state index < -0.39 is 10.0 Å². The van der Waals surface area contributed by atoms with E-state index >= 15 is 0 Å². The Labute approximate surface area is 764 Å². The highest BCUT2D eigenvalue weighted by molar-refractivity contribution is 7.93. The lowest BCUT2D eigenvalue weighted by atomic mass is 9.77. The Bertz CT molecular complexity index is 4200. The van der Waals surface area contributed by atoms with Crippen LogP contribution in [0.5, 0.6) is 0 Å². The number of nitrogens with zero attached hydrogens (tertiary/aromatic N) is 1. The Morgan fingerprint density at radius 2 is 0.544 bits per heavy atom. The lowest BCUT2D eigenvalue weighted by Gasteiger charge is -2.31. The minimum Gasteiger partial charge on any atom is -0.392 e. The van der Waals surface area contributed by atoms with Crippen molar-refractivity contribution >= 4 is 10.0 Å². The Morgan fingerprint density at radius 1 is 0.304 bits per heavy atom. The molecule has 1 aliphatic rings. The van der Waals surface area contributed by atoms with Gasteiger partial charge in [0.05, 0.1) is 53.7 Å². The molecule has 8 aromatic carbocycles. The molecule has 0 radical (unpaired) electrons. The molecule has 0 spiro atoms. The fourth-order valence-electron chi connectivity index (χ4n) is 14.1. The summed E-state index contributed by atoms with van der Waals surface area (Å²) in [6.45, 7) is 57.4. The number of aryl methyl sites for hydroxylation is 8. The molecule has 8 aromatic rings. The molecule has 0 fully saturated rings. The molecule has 0 saturated carbocycles. The molecule has 12 heteroatoms. The van der Waals surface area contributed by atoms with Gasteiger partial charge in [-0.15, -0.1) is 0 Å². The van der Waals surface area contributed by atoms with Gasteiger partial charge >= 0.3 is 0 Å². The SMILES string of the molecule is CC1=C(C)S(=O)(=O)N(C(C)C)C1C.CCCC(O)c1ccc(C)cc1.CCCCC(O)C(C)(C)c1ccc(C)cc1.CCCCC(O)c1ccc(C)cc1.CCCCCC(O)C(C)(C)c1ccc(C)cc1.CCCCCC(O)c1ccc(C)cc1.CCCCCCC(O)c1ccc(C)cc1.Cc1ccc(C(O)C(C)(C)C)cc1.Cc1ccc(C(O)C(C)C)cc1. The average molecular weight is 1740 g/mol. The first-order valence-corrected chi connectivity index (χ1v) is 48.9. The highest BCUT2D eigenvalue weighted by atomic mass is 32.2. The Morgan fingerprint density at radius 3 is 0.800 bits per heavy atom. The van der Waals surface area contributed by atoms with E-state index in [-0.39, 0.29) is 83.1 Å². The number of allylic oxidation sites excluding steroid dienone is 1. The highest BCUT2D eigenvalue weighted by Crippen LogP contribution is 2.36. The van der Waals surface area contributed by atoms with Gasteiger partial charge in [-0.25, -0.2) is 8.42 Å². The molecule has 0 bridgehead atoms. The Kier molecular flexibility index (Phi) is 57.2. The summed E-state index contributed by atoms with van der Waals surface area (Å²) in [4.78, 5) is 0.522. The first-order valence-electron chi connectivity index (χ1n) is 47.4. The third-order valence-corrected chi connectivity index (χ3v) is 26.2. The van der Waals surface area contributed by atoms with Gasteiger partial charge in [-0.2, -0.15) is 4.31 Å². The Hall–Kier alpha value is -6.91. The molecule has 9 atom stereocenters. The number of hydrogen-bond donors (Lipinski definition) is 8. The second-order valence-electron chi connectivity index (χ2n) is 37.9. The molecule has 9 rings (SSSR count). The van der Waals surface area contributed by atoms with Gasteiger partial charge in [-0.1, -0.05) is 439 Å². The zero-order chi connectivity index (χ0) is 94.8. The summed E-state index contributed by atoms with van der Waals surface area (Å²) in [6, 6.07) is 65.6. The van der Waals surface area contributed by atoms with Crippen LogP contribution in [0.3, 0.4) is 0 Å². The summed E-state index contributed by atoms with van der Waals surface area (Å²) in [5.74, 6) is 0.285. The second-order valence-corrected chi connectivity index (χ2v) is 39.9. The van der Waals surface area contributed by atoms with E-state index in [1.54, 1.807) is 11.2 Å². The van der Waals surface area contributed by atoms with Crippen LogP contribution in [0.15, 0.2) is 205 Å². The maximum absolute atomic E-state index is 11.8. The minimum atomic E-state index is -3.15. The lowest BCUT2D eigenvalue weighted by molar-refractivity contribution is 0.0627. The minimum absolute atomic E-state index is 0.0185. The van der Waals surface area contributed by atoms with Crippen molar-refractivity contribution in [3.63, 3.8) is 0 Å². The van der Waals surface area contributed by atoms with Gasteiger partial charge in [0, 0.05) is 22.9 Å². The molecular formula is C113H177NO10S. The van der Waals surface area contributed by atoms with Crippen LogP contribution in [0, 0.1) is 66.7 Å². The van der Waals surface area contributed by atoms with Crippen molar-refractivity contribution < 1.29 is 49.3 Å². The van der Waals surface area contributed by atoms with Crippen LogP contribution in [0.2, 0.25) is 0 Å². The van der Waals surface area contributed by atoms with Crippen LogP contribution in [0.25, 0.3) is 0 Å². The number of aliphatic hydroxyl groups is 8. The first-order chi connectivity index (χ1) is 58.7. The van der Waals surface area contributed by atoms with E-state index in [2.05, 4.69) is 184 Å². The zero-order valence-corrected chi connectivity index (χ0v) is 84.2. The lowest BCUT2D eigenvalue weighted by Crippen LogP contribution is -2.38. The third-order valence-electron chi connectivity index (χ3n) is 23.8. The predicted molar refractivity (Wildman–Crippen MR) is 536 cm³/mol. The van der Waals surface area contributed by atoms with E-state index in [0.717, 1.165) is 129 Å². The number of rotatable bonds is 33. The molecule has 125 heavy (non-hydrogen) atoms. The molecule has 1 heterocycles. The number of unbranched alkanes of at least 4 members (excludes halogenated alkanes) is 9. The average Bonchev–Trinajstić information content (AvgIpc) is 1.61. The standard InChI is InChI=1S/C16H26O.C15H24O.C14H22O.C13H20O.2C12H18O.2C11H16O.C9H17NO2S/c1-5-6-7-8-15(17)16(3,4)14-11-9-13(2)10-12-14;1-5-6-7-14(16)15(3,4)13-10-8-12(2)9-11-13;1-3-4-5-6-7-14(15)13-10-8-12(2)9-11-13;1-3-4-5-6-13(14)12-9-7-11(2)8-10-12;1-9-5-7-10(8-6-9)11(13)12(2,3)4;1-3-4-5-12(13)11-8-6-10(2)7-9-11;1-8(2)11(12)10-6-4-9(3)5-7-10;1-3-4-11(12)10-7-5-9(2)6-8-10;1-6(2)10-8(4)7(3)9(5)13(10,11)12/h9-12,15,17H,5-8H2,1-4H3;8-11,14,16H,5-7H2,1-4H3;8-11,14-15H,3-7H2,1-2H3;7-10,13-14H,3-6H2,1-2H3;5-8,11,13H,1-4H3;6-9,12-13H,3-5H2,1-2H3;4-8,11-12H,1-3H3;5-8,11-12H,3-4H2,1-2H3;6,8H,1-5H3. The summed E-state index contributed by atoms with van der Waals surface area (Å²) in [6.07, 6.45) is 20.4. The molecule has 1 aliphatic heterocycles. The zero-order valence-electron chi connectivity index (χ0n) is 83.4. The first kappa shape index (κ1) is 116. The van der Waals surface area contributed by atoms with Gasteiger partial charge in [-0.3, -0.25) is 0 Å². The maximum Gasteiger partial charge on any atom is 0.239 e. The molecule has 0 aromatic heterocycles. The second kappa shape index (κ2) is 61.6. The molecule has 11 nitrogen and oxygen atoms in total. The van der Waals surface area contributed by atoms with Crippen molar-refractivity contribution in [1.29, 1.82) is 0 Å². The van der Waals surface area contributed by atoms with Crippen molar-refractivity contribution in [2.75, 3.05) is 0 Å². The fourth-order valence-corrected chi connectivity index (χ4v) is 16.1. The van der Waals surface area contributed by atoms with Crippen molar-refractivity contribution in [1.82, 2.24) is 4.31 Å². The summed E-state index contributed by atoms with van der Waals surface area (Å²) < 4.78 is 25.2. The summed E-state index contributed by atoms with van der Waals surface area (Å²) >= 11 is 0. The Balaban J connectivity index is 0.000000705. The molecule has 700 valence electrons. The fraction of sp³-hybridized carbons (Fsp3) is 0.558. The molecular weight excluding hydrogens is 1560 g/mol. The molecule has 8 N–H and O–H groups in total. The smallest absolute Gasteiger partial charge is 0.239 e. The summed E-state index contributed by atoms with van der Waals surface area (Å²) in [5.41, 5.74) is 19.2. The van der Waals surface area contributed by atoms with Gasteiger partial charge in [0.1, 0.15) is 0 Å². The van der Waals surface area contributed by atoms with Crippen LogP contribution in [0.1, 0.15) is 399 Å². The topological polar surface area (TPSA) is 199 Å². The van der Waals surface area contributed by atoms with E-state index in [0.29, 0.717) is 4.91 Å². The molecule has 9 unspecified atom stereocenters. The van der Waals surface area contributed by atoms with Crippen LogP contribution in [-0.2, 0) is 20.9 Å². The quantitative estimate of drug-likeness (QED) is 0.0183. The molecule has 0 aliphatic carbocycles. The third kappa shape index (κ3) is 44.8. The van der Waals surface area contributed by atoms with Crippen LogP contribution >= 0.6 is 0 Å². The van der Waals surface area contributed by atoms with Gasteiger partial charge in [0.2, 0.25) is 10.0 Å². The normalized spacial score (nSPS) is 14.9. The number of hydrogen-bond acceptors (Lipinski definition) is 10. The number of benzene rings is 8. The van der Waals surface area contributed by atoms with Crippen molar-refractivity contribution in [2.45, 2.75) is 400 Å². The van der Waals surface area contributed by atoms with Gasteiger partial charge in [0.15, 0.2) is 0 Å². The van der Waals surface area contributed by atoms with Crippen LogP contribution in [-0.4, -0.2) is 77.9 Å². The van der Waals surface area contributed by atoms with Gasteiger partial charge < -0.3 is 40.9 Å². The van der Waals surface area contributed by atoms with Crippen molar-refractivity contribution in [3.05, 3.63) is 294 Å². The van der Waals surface area contributed by atoms with Crippen LogP contribution < -0.4 is 0 Å². The van der Waals surface area contributed by atoms with Crippen molar-refractivity contribution in [3.8, 4) is 0 Å². The largest absolute Gasteiger partial charge is 0.392 e. The van der Waals surface area contributed by atoms with E-state index in [9.17, 15) is 49.3 Å². The van der Waals surface area contributed by atoms with E-state index in [4.69, 9.17) is 0 Å². The maximum atomic E-state index is 11.8. The highest BCUT2D eigenvalue weighted by Gasteiger charge is 2.40. The predicted octanol–water partition coefficient (Wildman–Crippen LogP) is 29.2. The van der Waals surface area contributed by atoms with Crippen molar-refractivity contribution in [2.24, 2.45) is 11.3 Å². The molecule has 0 saturated heterocycles.